The molecule has 1 saturated heterocycles. The van der Waals surface area contributed by atoms with Crippen molar-refractivity contribution < 1.29 is 57.9 Å². The predicted molar refractivity (Wildman–Crippen MR) is 122 cm³/mol. The van der Waals surface area contributed by atoms with E-state index in [0.717, 1.165) is 0 Å². The zero-order valence-electron chi connectivity index (χ0n) is 23.3. The molecule has 200 valence electrons. The van der Waals surface area contributed by atoms with Crippen LogP contribution in [-0.2, 0) is 47.7 Å². The van der Waals surface area contributed by atoms with Crippen molar-refractivity contribution in [2.45, 2.75) is 58.3 Å². The smallest absolute Gasteiger partial charge is 0.303 e. The van der Waals surface area contributed by atoms with Gasteiger partial charge in [-0.25, -0.2) is 0 Å². The Morgan fingerprint density at radius 2 is 1.65 bits per heavy atom. The molecule has 0 bridgehead atoms. The molecule has 0 aromatic heterocycles. The Kier molecular flexibility index (Phi) is 8.51. The van der Waals surface area contributed by atoms with Crippen LogP contribution in [-0.4, -0.2) is 73.6 Å². The van der Waals surface area contributed by atoms with Gasteiger partial charge in [-0.1, -0.05) is 11.2 Å². The van der Waals surface area contributed by atoms with Gasteiger partial charge in [0.05, 0.1) is 0 Å². The van der Waals surface area contributed by atoms with Crippen LogP contribution in [0, 0.1) is 0 Å². The minimum Gasteiger partial charge on any atom is -0.463 e. The average molecular weight is 526 g/mol. The van der Waals surface area contributed by atoms with E-state index in [1.54, 1.807) is 0 Å². The third-order valence-electron chi connectivity index (χ3n) is 4.45. The number of benzene rings is 1. The predicted octanol–water partition coefficient (Wildman–Crippen LogP) is 1.40. The molecular formula is C22H26N4O11. The number of carbonyl (C=O) groups excluding carboxylic acids is 5. The van der Waals surface area contributed by atoms with Crippen LogP contribution in [0.3, 0.4) is 0 Å². The molecule has 1 fully saturated rings. The van der Waals surface area contributed by atoms with Crippen LogP contribution in [0.5, 0.6) is 5.75 Å². The molecule has 2 rings (SSSR count). The van der Waals surface area contributed by atoms with Gasteiger partial charge in [-0.15, -0.1) is 0 Å². The summed E-state index contributed by atoms with van der Waals surface area (Å²) in [6.45, 7) is -4.54. The largest absolute Gasteiger partial charge is 0.463 e. The Bertz CT molecular complexity index is 1150. The fraction of sp³-hybridized carbons (Fsp3) is 0.500. The number of azide groups is 1. The molecule has 1 aliphatic heterocycles. The van der Waals surface area contributed by atoms with Crippen molar-refractivity contribution in [3.63, 3.8) is 0 Å². The van der Waals surface area contributed by atoms with Crippen molar-refractivity contribution in [3.05, 3.63) is 34.7 Å². The number of ether oxygens (including phenoxy) is 6. The molecule has 1 N–H and O–H groups in total. The Morgan fingerprint density at radius 3 is 2.30 bits per heavy atom. The Morgan fingerprint density at radius 1 is 1.00 bits per heavy atom. The second-order valence-corrected chi connectivity index (χ2v) is 7.17. The van der Waals surface area contributed by atoms with Gasteiger partial charge < -0.3 is 33.7 Å². The first-order valence-electron chi connectivity index (χ1n) is 13.1. The van der Waals surface area contributed by atoms with Crippen molar-refractivity contribution in [1.82, 2.24) is 0 Å². The van der Waals surface area contributed by atoms with E-state index in [2.05, 4.69) is 15.3 Å². The van der Waals surface area contributed by atoms with Crippen molar-refractivity contribution in [2.24, 2.45) is 5.11 Å². The fourth-order valence-electron chi connectivity index (χ4n) is 3.22. The number of nitrogens with zero attached hydrogens (tertiary/aromatic N) is 3. The fourth-order valence-corrected chi connectivity index (χ4v) is 3.22. The highest BCUT2D eigenvalue weighted by Crippen LogP contribution is 2.31. The number of hydrogen-bond donors (Lipinski definition) is 1. The van der Waals surface area contributed by atoms with E-state index < -0.39 is 101 Å². The SMILES string of the molecule is [2H]CC(=O)OC[C@H]1OC(Oc2cccc(NC(=O)CN=[N+]=[N-])c2)[C@H](OC(=O)C[2H])[C@@H](OC(=O)C[2H])[C@H]1OC(=O)C[2H]. The number of esters is 4. The molecule has 1 aromatic rings. The van der Waals surface area contributed by atoms with Crippen LogP contribution >= 0.6 is 0 Å². The van der Waals surface area contributed by atoms with Crippen LogP contribution < -0.4 is 10.1 Å². The summed E-state index contributed by atoms with van der Waals surface area (Å²) in [5.74, 6) is -5.00. The molecule has 5 atom stereocenters. The lowest BCUT2D eigenvalue weighted by atomic mass is 9.98. The molecule has 1 unspecified atom stereocenters. The van der Waals surface area contributed by atoms with Crippen LogP contribution in [0.25, 0.3) is 10.4 Å². The Labute approximate surface area is 216 Å². The van der Waals surface area contributed by atoms with Crippen LogP contribution in [0.1, 0.15) is 33.1 Å². The summed E-state index contributed by atoms with van der Waals surface area (Å²) in [6.07, 6.45) is -8.19. The second kappa shape index (κ2) is 13.7. The summed E-state index contributed by atoms with van der Waals surface area (Å²) < 4.78 is 61.3. The highest BCUT2D eigenvalue weighted by atomic mass is 16.7. The van der Waals surface area contributed by atoms with Gasteiger partial charge in [0.15, 0.2) is 12.2 Å². The summed E-state index contributed by atoms with van der Waals surface area (Å²) in [6, 6.07) is 5.64. The third kappa shape index (κ3) is 9.31. The number of anilines is 1. The molecule has 1 amide bonds. The lowest BCUT2D eigenvalue weighted by Crippen LogP contribution is -2.63. The van der Waals surface area contributed by atoms with E-state index in [0.29, 0.717) is 0 Å². The molecule has 1 heterocycles. The van der Waals surface area contributed by atoms with Gasteiger partial charge in [-0.2, -0.15) is 0 Å². The Hall–Kier alpha value is -4.36. The van der Waals surface area contributed by atoms with E-state index in [1.807, 2.05) is 0 Å². The second-order valence-electron chi connectivity index (χ2n) is 7.17. The zero-order chi connectivity index (χ0) is 30.4. The van der Waals surface area contributed by atoms with Gasteiger partial charge in [0.1, 0.15) is 25.0 Å². The summed E-state index contributed by atoms with van der Waals surface area (Å²) >= 11 is 0. The van der Waals surface area contributed by atoms with Crippen molar-refractivity contribution in [2.75, 3.05) is 18.5 Å². The van der Waals surface area contributed by atoms with Crippen LogP contribution in [0.2, 0.25) is 0 Å². The topological polar surface area (TPSA) is 202 Å². The van der Waals surface area contributed by atoms with E-state index in [9.17, 15) is 24.0 Å². The number of nitrogens with one attached hydrogen (secondary N) is 1. The monoisotopic (exact) mass is 526 g/mol. The molecule has 0 spiro atoms. The molecular weight excluding hydrogens is 496 g/mol. The molecule has 0 radical (unpaired) electrons. The minimum atomic E-state index is -1.72. The Balaban J connectivity index is 2.49. The zero-order valence-corrected chi connectivity index (χ0v) is 19.3. The summed E-state index contributed by atoms with van der Waals surface area (Å²) in [5, 5.41) is 5.61. The maximum atomic E-state index is 12.2. The number of amides is 1. The first-order chi connectivity index (χ1) is 19.6. The first kappa shape index (κ1) is 23.1. The van der Waals surface area contributed by atoms with Gasteiger partial charge in [0.2, 0.25) is 18.3 Å². The lowest BCUT2D eigenvalue weighted by Gasteiger charge is -2.43. The standard InChI is InChI=1S/C22H26N4O11/c1-11(27)32-10-17-19(33-12(2)28)20(34-13(3)29)21(35-14(4)30)22(37-17)36-16-7-5-6-15(8-16)25-18(31)9-24-26-23/h5-8,17,19-22H,9-10H2,1-4H3,(H,25,31)/t17-,19+,20+,21-,22?/m1/s1/i1D,2D,3D,4D. The summed E-state index contributed by atoms with van der Waals surface area (Å²) in [7, 11) is 0. The van der Waals surface area contributed by atoms with Gasteiger partial charge in [-0.05, 0) is 17.7 Å². The molecule has 0 aliphatic carbocycles. The van der Waals surface area contributed by atoms with E-state index >= 15 is 0 Å². The third-order valence-corrected chi connectivity index (χ3v) is 4.45. The van der Waals surface area contributed by atoms with Crippen molar-refractivity contribution >= 4 is 35.5 Å². The van der Waals surface area contributed by atoms with E-state index in [1.165, 1.54) is 24.3 Å². The number of hydrogen-bond acceptors (Lipinski definition) is 12. The number of carbonyl (C=O) groups is 5. The molecule has 0 saturated carbocycles. The highest BCUT2D eigenvalue weighted by molar-refractivity contribution is 5.92. The number of rotatable bonds is 10. The first-order valence-corrected chi connectivity index (χ1v) is 10.3. The molecule has 1 aromatic carbocycles. The lowest BCUT2D eigenvalue weighted by molar-refractivity contribution is -0.288. The van der Waals surface area contributed by atoms with Crippen LogP contribution in [0.15, 0.2) is 29.4 Å². The quantitative estimate of drug-likeness (QED) is 0.152. The molecule has 15 heteroatoms. The van der Waals surface area contributed by atoms with Gasteiger partial charge in [-0.3, -0.25) is 24.0 Å². The van der Waals surface area contributed by atoms with Gasteiger partial charge in [0.25, 0.3) is 0 Å². The minimum absolute atomic E-state index is 0.00224. The molecule has 37 heavy (non-hydrogen) atoms. The maximum absolute atomic E-state index is 12.2. The summed E-state index contributed by atoms with van der Waals surface area (Å²) in [5.41, 5.74) is 8.56. The normalized spacial score (nSPS) is 23.8. The molecule has 1 aliphatic rings. The summed E-state index contributed by atoms with van der Waals surface area (Å²) in [4.78, 5) is 62.4. The van der Waals surface area contributed by atoms with E-state index in [4.69, 9.17) is 39.4 Å². The highest BCUT2D eigenvalue weighted by Gasteiger charge is 2.53. The molecule has 15 nitrogen and oxygen atoms in total. The average Bonchev–Trinajstić information content (AvgIpc) is 2.97. The van der Waals surface area contributed by atoms with Gasteiger partial charge in [0, 0.05) is 49.7 Å². The van der Waals surface area contributed by atoms with Crippen LogP contribution in [0.4, 0.5) is 5.69 Å². The van der Waals surface area contributed by atoms with E-state index in [-0.39, 0.29) is 11.4 Å². The maximum Gasteiger partial charge on any atom is 0.303 e. The van der Waals surface area contributed by atoms with Crippen molar-refractivity contribution in [3.8, 4) is 5.75 Å². The van der Waals surface area contributed by atoms with Gasteiger partial charge >= 0.3 is 23.9 Å². The van der Waals surface area contributed by atoms with Crippen molar-refractivity contribution in [1.29, 1.82) is 0 Å².